The van der Waals surface area contributed by atoms with Crippen LogP contribution in [0.25, 0.3) is 11.0 Å². The second-order valence-electron chi connectivity index (χ2n) is 5.98. The van der Waals surface area contributed by atoms with E-state index in [9.17, 15) is 0 Å². The molecule has 2 atom stereocenters. The van der Waals surface area contributed by atoms with Gasteiger partial charge in [-0.1, -0.05) is 12.8 Å². The Kier molecular flexibility index (Phi) is 2.23. The van der Waals surface area contributed by atoms with Gasteiger partial charge in [-0.05, 0) is 42.9 Å². The molecule has 0 radical (unpaired) electrons. The van der Waals surface area contributed by atoms with E-state index >= 15 is 0 Å². The SMILES string of the molecule is Cn1c(C2C3CCCCC32)nc2cc(C#N)ccc21. The third-order valence-electron chi connectivity index (χ3n) is 5.00. The number of nitrogens with zero attached hydrogens (tertiary/aromatic N) is 3. The quantitative estimate of drug-likeness (QED) is 0.780. The molecule has 0 saturated heterocycles. The van der Waals surface area contributed by atoms with E-state index in [4.69, 9.17) is 10.2 Å². The molecule has 4 rings (SSSR count). The molecule has 0 aliphatic heterocycles. The van der Waals surface area contributed by atoms with Crippen molar-refractivity contribution in [2.45, 2.75) is 31.6 Å². The maximum atomic E-state index is 8.98. The number of hydrogen-bond donors (Lipinski definition) is 0. The van der Waals surface area contributed by atoms with Gasteiger partial charge in [0.2, 0.25) is 0 Å². The highest BCUT2D eigenvalue weighted by molar-refractivity contribution is 5.78. The average molecular weight is 251 g/mol. The molecule has 96 valence electrons. The van der Waals surface area contributed by atoms with Gasteiger partial charge >= 0.3 is 0 Å². The number of benzene rings is 1. The molecule has 3 nitrogen and oxygen atoms in total. The number of hydrogen-bond acceptors (Lipinski definition) is 2. The van der Waals surface area contributed by atoms with E-state index in [1.54, 1.807) is 0 Å². The Morgan fingerprint density at radius 1 is 1.26 bits per heavy atom. The Labute approximate surface area is 112 Å². The molecular weight excluding hydrogens is 234 g/mol. The largest absolute Gasteiger partial charge is 0.331 e. The van der Waals surface area contributed by atoms with Crippen molar-refractivity contribution in [1.82, 2.24) is 9.55 Å². The molecular formula is C16H17N3. The topological polar surface area (TPSA) is 41.6 Å². The van der Waals surface area contributed by atoms with Gasteiger partial charge in [0.25, 0.3) is 0 Å². The lowest BCUT2D eigenvalue weighted by atomic mass is 10.0. The highest BCUT2D eigenvalue weighted by atomic mass is 15.1. The van der Waals surface area contributed by atoms with E-state index in [-0.39, 0.29) is 0 Å². The number of rotatable bonds is 1. The Hall–Kier alpha value is -1.82. The van der Waals surface area contributed by atoms with Crippen molar-refractivity contribution in [3.63, 3.8) is 0 Å². The molecule has 1 aromatic heterocycles. The van der Waals surface area contributed by atoms with Gasteiger partial charge in [-0.15, -0.1) is 0 Å². The van der Waals surface area contributed by atoms with Crippen LogP contribution in [0.5, 0.6) is 0 Å². The van der Waals surface area contributed by atoms with E-state index in [1.165, 1.54) is 31.5 Å². The minimum Gasteiger partial charge on any atom is -0.331 e. The van der Waals surface area contributed by atoms with Gasteiger partial charge in [-0.25, -0.2) is 4.98 Å². The normalized spacial score (nSPS) is 28.9. The lowest BCUT2D eigenvalue weighted by molar-refractivity contribution is 0.480. The summed E-state index contributed by atoms with van der Waals surface area (Å²) in [5.41, 5.74) is 2.82. The van der Waals surface area contributed by atoms with Gasteiger partial charge < -0.3 is 4.57 Å². The van der Waals surface area contributed by atoms with E-state index in [2.05, 4.69) is 17.7 Å². The lowest BCUT2D eigenvalue weighted by Gasteiger charge is -2.04. The second kappa shape index (κ2) is 3.84. The highest BCUT2D eigenvalue weighted by Gasteiger charge is 2.53. The zero-order valence-electron chi connectivity index (χ0n) is 11.1. The van der Waals surface area contributed by atoms with Gasteiger partial charge in [0.05, 0.1) is 22.7 Å². The first-order valence-electron chi connectivity index (χ1n) is 7.16. The van der Waals surface area contributed by atoms with Crippen LogP contribution >= 0.6 is 0 Å². The molecule has 1 aromatic carbocycles. The molecule has 0 bridgehead atoms. The van der Waals surface area contributed by atoms with Crippen LogP contribution in [0.2, 0.25) is 0 Å². The number of aromatic nitrogens is 2. The zero-order valence-corrected chi connectivity index (χ0v) is 11.1. The summed E-state index contributed by atoms with van der Waals surface area (Å²) >= 11 is 0. The Morgan fingerprint density at radius 2 is 2.00 bits per heavy atom. The van der Waals surface area contributed by atoms with Crippen molar-refractivity contribution >= 4 is 11.0 Å². The first-order chi connectivity index (χ1) is 9.29. The van der Waals surface area contributed by atoms with Crippen molar-refractivity contribution in [2.75, 3.05) is 0 Å². The Balaban J connectivity index is 1.79. The van der Waals surface area contributed by atoms with Crippen LogP contribution in [0.1, 0.15) is 43.0 Å². The first kappa shape index (κ1) is 11.0. The van der Waals surface area contributed by atoms with Crippen LogP contribution < -0.4 is 0 Å². The fourth-order valence-electron chi connectivity index (χ4n) is 3.96. The predicted octanol–water partition coefficient (Wildman–Crippen LogP) is 3.35. The summed E-state index contributed by atoms with van der Waals surface area (Å²) in [4.78, 5) is 4.82. The summed E-state index contributed by atoms with van der Waals surface area (Å²) in [6.07, 6.45) is 5.53. The van der Waals surface area contributed by atoms with Crippen LogP contribution in [-0.4, -0.2) is 9.55 Å². The van der Waals surface area contributed by atoms with Crippen LogP contribution in [0.15, 0.2) is 18.2 Å². The van der Waals surface area contributed by atoms with Crippen molar-refractivity contribution in [3.8, 4) is 6.07 Å². The molecule has 2 unspecified atom stereocenters. The third kappa shape index (κ3) is 1.53. The predicted molar refractivity (Wildman–Crippen MR) is 73.6 cm³/mol. The van der Waals surface area contributed by atoms with E-state index < -0.39 is 0 Å². The van der Waals surface area contributed by atoms with E-state index in [0.717, 1.165) is 22.9 Å². The third-order valence-corrected chi connectivity index (χ3v) is 5.00. The number of fused-ring (bicyclic) bond motifs is 2. The Morgan fingerprint density at radius 3 is 2.68 bits per heavy atom. The number of nitriles is 1. The van der Waals surface area contributed by atoms with Crippen molar-refractivity contribution in [1.29, 1.82) is 5.26 Å². The molecule has 0 spiro atoms. The van der Waals surface area contributed by atoms with E-state index in [1.807, 2.05) is 18.2 Å². The van der Waals surface area contributed by atoms with Gasteiger partial charge in [0.15, 0.2) is 0 Å². The molecule has 2 aliphatic carbocycles. The molecule has 1 heterocycles. The van der Waals surface area contributed by atoms with Crippen molar-refractivity contribution in [3.05, 3.63) is 29.6 Å². The smallest absolute Gasteiger partial charge is 0.113 e. The molecule has 3 heteroatoms. The molecule has 0 N–H and O–H groups in total. The van der Waals surface area contributed by atoms with Crippen LogP contribution in [0, 0.1) is 23.2 Å². The van der Waals surface area contributed by atoms with E-state index in [0.29, 0.717) is 11.5 Å². The van der Waals surface area contributed by atoms with Gasteiger partial charge in [0, 0.05) is 13.0 Å². The lowest BCUT2D eigenvalue weighted by Crippen LogP contribution is -1.97. The maximum absolute atomic E-state index is 8.98. The van der Waals surface area contributed by atoms with Gasteiger partial charge in [-0.3, -0.25) is 0 Å². The summed E-state index contributed by atoms with van der Waals surface area (Å²) in [5, 5.41) is 8.98. The van der Waals surface area contributed by atoms with Crippen molar-refractivity contribution in [2.24, 2.45) is 18.9 Å². The van der Waals surface area contributed by atoms with Gasteiger partial charge in [0.1, 0.15) is 5.82 Å². The second-order valence-corrected chi connectivity index (χ2v) is 5.98. The highest BCUT2D eigenvalue weighted by Crippen LogP contribution is 2.60. The minimum atomic E-state index is 0.672. The first-order valence-corrected chi connectivity index (χ1v) is 7.16. The fourth-order valence-corrected chi connectivity index (χ4v) is 3.96. The summed E-state index contributed by atoms with van der Waals surface area (Å²) in [6, 6.07) is 8.01. The summed E-state index contributed by atoms with van der Waals surface area (Å²) in [7, 11) is 2.11. The monoisotopic (exact) mass is 251 g/mol. The Bertz CT molecular complexity index is 680. The summed E-state index contributed by atoms with van der Waals surface area (Å²) in [5.74, 6) is 3.66. The molecule has 19 heavy (non-hydrogen) atoms. The fraction of sp³-hybridized carbons (Fsp3) is 0.500. The molecule has 2 aliphatic rings. The number of aryl methyl sites for hydroxylation is 1. The van der Waals surface area contributed by atoms with Gasteiger partial charge in [-0.2, -0.15) is 5.26 Å². The van der Waals surface area contributed by atoms with Crippen LogP contribution in [-0.2, 0) is 7.05 Å². The molecule has 2 aromatic rings. The minimum absolute atomic E-state index is 0.672. The molecule has 2 fully saturated rings. The zero-order chi connectivity index (χ0) is 13.0. The summed E-state index contributed by atoms with van der Waals surface area (Å²) < 4.78 is 2.24. The maximum Gasteiger partial charge on any atom is 0.113 e. The molecule has 0 amide bonds. The number of imidazole rings is 1. The average Bonchev–Trinajstić information content (AvgIpc) is 3.09. The molecule has 2 saturated carbocycles. The van der Waals surface area contributed by atoms with Crippen molar-refractivity contribution < 1.29 is 0 Å². The van der Waals surface area contributed by atoms with Crippen LogP contribution in [0.3, 0.4) is 0 Å². The van der Waals surface area contributed by atoms with Crippen LogP contribution in [0.4, 0.5) is 0 Å². The standard InChI is InChI=1S/C16H17N3/c1-19-14-7-6-10(9-17)8-13(14)18-16(19)15-11-4-2-3-5-12(11)15/h6-8,11-12,15H,2-5H2,1H3. The summed E-state index contributed by atoms with van der Waals surface area (Å²) in [6.45, 7) is 0.